The molecule has 0 radical (unpaired) electrons. The van der Waals surface area contributed by atoms with E-state index in [0.29, 0.717) is 12.1 Å². The van der Waals surface area contributed by atoms with E-state index >= 15 is 0 Å². The van der Waals surface area contributed by atoms with Crippen molar-refractivity contribution in [2.24, 2.45) is 0 Å². The third-order valence-electron chi connectivity index (χ3n) is 4.04. The molecule has 138 valence electrons. The number of fused-ring (bicyclic) bond motifs is 1. The van der Waals surface area contributed by atoms with Crippen LogP contribution < -0.4 is 4.90 Å². The number of aryl methyl sites for hydroxylation is 2. The van der Waals surface area contributed by atoms with Crippen LogP contribution >= 0.6 is 23.7 Å². The van der Waals surface area contributed by atoms with Crippen LogP contribution in [0.25, 0.3) is 10.2 Å². The van der Waals surface area contributed by atoms with Crippen LogP contribution in [0, 0.1) is 13.8 Å². The summed E-state index contributed by atoms with van der Waals surface area (Å²) in [5.41, 5.74) is 3.93. The van der Waals surface area contributed by atoms with Crippen molar-refractivity contribution >= 4 is 45.0 Å². The number of carbonyl (C=O) groups is 1. The van der Waals surface area contributed by atoms with Gasteiger partial charge in [-0.05, 0) is 57.8 Å². The highest BCUT2D eigenvalue weighted by atomic mass is 35.5. The first-order valence-corrected chi connectivity index (χ1v) is 9.16. The van der Waals surface area contributed by atoms with Crippen molar-refractivity contribution in [2.75, 3.05) is 32.1 Å². The second-order valence-electron chi connectivity index (χ2n) is 6.60. The first-order valence-electron chi connectivity index (χ1n) is 8.34. The zero-order valence-corrected chi connectivity index (χ0v) is 17.2. The van der Waals surface area contributed by atoms with Crippen molar-refractivity contribution in [3.05, 3.63) is 59.2 Å². The highest BCUT2D eigenvalue weighted by Crippen LogP contribution is 2.30. The van der Waals surface area contributed by atoms with E-state index in [2.05, 4.69) is 24.0 Å². The summed E-state index contributed by atoms with van der Waals surface area (Å²) in [6.45, 7) is 5.47. The number of thiazole rings is 1. The van der Waals surface area contributed by atoms with E-state index in [1.54, 1.807) is 16.2 Å². The number of hydrogen-bond donors (Lipinski definition) is 0. The lowest BCUT2D eigenvalue weighted by atomic mass is 10.1. The Balaban J connectivity index is 0.00000243. The van der Waals surface area contributed by atoms with E-state index in [-0.39, 0.29) is 18.3 Å². The Labute approximate surface area is 164 Å². The number of nitrogens with zero attached hydrogens (tertiary/aromatic N) is 3. The largest absolute Gasteiger partial charge is 0.308 e. The highest BCUT2D eigenvalue weighted by Gasteiger charge is 2.21. The first-order chi connectivity index (χ1) is 11.9. The molecule has 0 saturated heterocycles. The Bertz CT molecular complexity index is 907. The van der Waals surface area contributed by atoms with Gasteiger partial charge in [-0.2, -0.15) is 0 Å². The maximum atomic E-state index is 13.1. The number of halogens is 1. The lowest BCUT2D eigenvalue weighted by Crippen LogP contribution is -2.36. The topological polar surface area (TPSA) is 36.4 Å². The molecule has 3 aromatic rings. The number of aromatic nitrogens is 1. The summed E-state index contributed by atoms with van der Waals surface area (Å²) in [5.74, 6) is 0.00123. The lowest BCUT2D eigenvalue weighted by Gasteiger charge is -2.22. The van der Waals surface area contributed by atoms with E-state index in [9.17, 15) is 4.79 Å². The predicted octanol–water partition coefficient (Wildman–Crippen LogP) is 4.54. The van der Waals surface area contributed by atoms with E-state index in [0.717, 1.165) is 27.5 Å². The van der Waals surface area contributed by atoms with Crippen LogP contribution in [0.1, 0.15) is 21.5 Å². The van der Waals surface area contributed by atoms with Crippen LogP contribution in [0.2, 0.25) is 0 Å². The second-order valence-corrected chi connectivity index (χ2v) is 7.61. The Hall–Kier alpha value is -1.95. The molecule has 6 heteroatoms. The van der Waals surface area contributed by atoms with Crippen LogP contribution in [-0.4, -0.2) is 43.0 Å². The summed E-state index contributed by atoms with van der Waals surface area (Å²) in [4.78, 5) is 21.7. The fourth-order valence-electron chi connectivity index (χ4n) is 2.65. The molecule has 0 aliphatic heterocycles. The zero-order valence-electron chi connectivity index (χ0n) is 15.5. The average Bonchev–Trinajstić information content (AvgIpc) is 2.97. The third kappa shape index (κ3) is 4.61. The summed E-state index contributed by atoms with van der Waals surface area (Å²) in [6.07, 6.45) is 0. The van der Waals surface area contributed by atoms with Gasteiger partial charge in [-0.1, -0.05) is 35.1 Å². The highest BCUT2D eigenvalue weighted by molar-refractivity contribution is 7.22. The molecule has 2 aromatic carbocycles. The Morgan fingerprint density at radius 2 is 1.77 bits per heavy atom. The molecule has 1 heterocycles. The minimum Gasteiger partial charge on any atom is -0.308 e. The minimum atomic E-state index is 0. The van der Waals surface area contributed by atoms with E-state index in [1.807, 2.05) is 51.4 Å². The molecule has 1 amide bonds. The van der Waals surface area contributed by atoms with Crippen molar-refractivity contribution in [1.82, 2.24) is 9.88 Å². The standard InChI is InChI=1S/C20H23N3OS.ClH/c1-14-6-5-7-16(12-14)19(24)23(11-10-22(3)4)20-21-17-9-8-15(2)13-18(17)25-20;/h5-9,12-13H,10-11H2,1-4H3;1H. The molecule has 4 nitrogen and oxygen atoms in total. The molecular weight excluding hydrogens is 366 g/mol. The molecule has 0 saturated carbocycles. The van der Waals surface area contributed by atoms with Gasteiger partial charge in [0.05, 0.1) is 10.2 Å². The summed E-state index contributed by atoms with van der Waals surface area (Å²) in [6, 6.07) is 13.9. The van der Waals surface area contributed by atoms with Gasteiger partial charge in [-0.25, -0.2) is 4.98 Å². The van der Waals surface area contributed by atoms with Crippen LogP contribution in [-0.2, 0) is 0 Å². The SMILES string of the molecule is Cc1cccc(C(=O)N(CCN(C)C)c2nc3ccc(C)cc3s2)c1.Cl. The van der Waals surface area contributed by atoms with Gasteiger partial charge in [0.25, 0.3) is 5.91 Å². The molecule has 0 N–H and O–H groups in total. The maximum absolute atomic E-state index is 13.1. The first kappa shape index (κ1) is 20.4. The smallest absolute Gasteiger partial charge is 0.260 e. The average molecular weight is 390 g/mol. The third-order valence-corrected chi connectivity index (χ3v) is 5.09. The monoisotopic (exact) mass is 389 g/mol. The number of carbonyl (C=O) groups excluding carboxylic acids is 1. The fraction of sp³-hybridized carbons (Fsp3) is 0.300. The van der Waals surface area contributed by atoms with Crippen molar-refractivity contribution in [1.29, 1.82) is 0 Å². The van der Waals surface area contributed by atoms with Gasteiger partial charge in [-0.15, -0.1) is 12.4 Å². The molecule has 1 aromatic heterocycles. The van der Waals surface area contributed by atoms with Crippen LogP contribution in [0.15, 0.2) is 42.5 Å². The van der Waals surface area contributed by atoms with Gasteiger partial charge in [0.15, 0.2) is 5.13 Å². The van der Waals surface area contributed by atoms with Gasteiger partial charge in [0.1, 0.15) is 0 Å². The number of likely N-dealkylation sites (N-methyl/N-ethyl adjacent to an activating group) is 1. The van der Waals surface area contributed by atoms with E-state index in [1.165, 1.54) is 5.56 Å². The van der Waals surface area contributed by atoms with Crippen LogP contribution in [0.5, 0.6) is 0 Å². The Morgan fingerprint density at radius 3 is 2.46 bits per heavy atom. The van der Waals surface area contributed by atoms with Gasteiger partial charge in [0.2, 0.25) is 0 Å². The second kappa shape index (κ2) is 8.62. The zero-order chi connectivity index (χ0) is 18.0. The van der Waals surface area contributed by atoms with Crippen molar-refractivity contribution < 1.29 is 4.79 Å². The Morgan fingerprint density at radius 1 is 1.04 bits per heavy atom. The number of benzene rings is 2. The summed E-state index contributed by atoms with van der Waals surface area (Å²) in [5, 5.41) is 0.758. The van der Waals surface area contributed by atoms with Crippen LogP contribution in [0.3, 0.4) is 0 Å². The molecule has 0 fully saturated rings. The molecule has 0 atom stereocenters. The summed E-state index contributed by atoms with van der Waals surface area (Å²) >= 11 is 1.57. The van der Waals surface area contributed by atoms with Crippen molar-refractivity contribution in [3.8, 4) is 0 Å². The minimum absolute atomic E-state index is 0. The molecule has 0 spiro atoms. The van der Waals surface area contributed by atoms with Crippen molar-refractivity contribution in [2.45, 2.75) is 13.8 Å². The summed E-state index contributed by atoms with van der Waals surface area (Å²) in [7, 11) is 4.02. The number of hydrogen-bond acceptors (Lipinski definition) is 4. The fourth-order valence-corrected chi connectivity index (χ4v) is 3.74. The Kier molecular flexibility index (Phi) is 6.75. The number of rotatable bonds is 5. The van der Waals surface area contributed by atoms with E-state index < -0.39 is 0 Å². The quantitative estimate of drug-likeness (QED) is 0.642. The number of amides is 1. The normalized spacial score (nSPS) is 10.8. The van der Waals surface area contributed by atoms with Gasteiger partial charge < -0.3 is 4.90 Å². The maximum Gasteiger partial charge on any atom is 0.260 e. The summed E-state index contributed by atoms with van der Waals surface area (Å²) < 4.78 is 1.11. The molecule has 0 aliphatic rings. The molecule has 26 heavy (non-hydrogen) atoms. The van der Waals surface area contributed by atoms with Crippen molar-refractivity contribution in [3.63, 3.8) is 0 Å². The molecule has 0 bridgehead atoms. The van der Waals surface area contributed by atoms with Gasteiger partial charge in [0, 0.05) is 18.7 Å². The van der Waals surface area contributed by atoms with Crippen LogP contribution in [0.4, 0.5) is 5.13 Å². The van der Waals surface area contributed by atoms with Gasteiger partial charge in [-0.3, -0.25) is 9.69 Å². The molecule has 3 rings (SSSR count). The molecule has 0 aliphatic carbocycles. The predicted molar refractivity (Wildman–Crippen MR) is 113 cm³/mol. The van der Waals surface area contributed by atoms with Gasteiger partial charge >= 0.3 is 0 Å². The molecular formula is C20H24ClN3OS. The van der Waals surface area contributed by atoms with E-state index in [4.69, 9.17) is 4.98 Å². The number of anilines is 1. The molecule has 0 unspecified atom stereocenters. The lowest BCUT2D eigenvalue weighted by molar-refractivity contribution is 0.0985.